The van der Waals surface area contributed by atoms with Crippen LogP contribution in [0.4, 0.5) is 4.39 Å². The second kappa shape index (κ2) is 11.1. The van der Waals surface area contributed by atoms with Crippen LogP contribution in [0.2, 0.25) is 0 Å². The van der Waals surface area contributed by atoms with Crippen LogP contribution in [0.1, 0.15) is 44.4 Å². The first-order chi connectivity index (χ1) is 15.9. The van der Waals surface area contributed by atoms with Gasteiger partial charge in [-0.05, 0) is 63.3 Å². The first-order valence-electron chi connectivity index (χ1n) is 11.4. The van der Waals surface area contributed by atoms with Gasteiger partial charge in [-0.15, -0.1) is 0 Å². The Hall–Kier alpha value is -3.19. The lowest BCUT2D eigenvalue weighted by Gasteiger charge is -2.27. The van der Waals surface area contributed by atoms with E-state index in [1.807, 2.05) is 6.92 Å². The van der Waals surface area contributed by atoms with Gasteiger partial charge in [0.2, 0.25) is 0 Å². The van der Waals surface area contributed by atoms with Gasteiger partial charge in [0.25, 0.3) is 11.7 Å². The highest BCUT2D eigenvalue weighted by atomic mass is 19.1. The molecule has 6 nitrogen and oxygen atoms in total. The zero-order chi connectivity index (χ0) is 24.0. The number of ether oxygens (including phenoxy) is 1. The summed E-state index contributed by atoms with van der Waals surface area (Å²) >= 11 is 0. The summed E-state index contributed by atoms with van der Waals surface area (Å²) in [4.78, 5) is 29.6. The Labute approximate surface area is 194 Å². The summed E-state index contributed by atoms with van der Waals surface area (Å²) in [5.74, 6) is -1.77. The van der Waals surface area contributed by atoms with Gasteiger partial charge in [-0.2, -0.15) is 0 Å². The van der Waals surface area contributed by atoms with Crippen LogP contribution in [0.3, 0.4) is 0 Å². The normalized spacial score (nSPS) is 17.7. The van der Waals surface area contributed by atoms with Crippen LogP contribution in [0, 0.1) is 5.82 Å². The molecule has 0 aromatic heterocycles. The maximum absolute atomic E-state index is 14.8. The number of carbonyl (C=O) groups excluding carboxylic acids is 2. The topological polar surface area (TPSA) is 70.1 Å². The Morgan fingerprint density at radius 1 is 1.06 bits per heavy atom. The highest BCUT2D eigenvalue weighted by Crippen LogP contribution is 2.40. The van der Waals surface area contributed by atoms with Gasteiger partial charge < -0.3 is 19.6 Å². The van der Waals surface area contributed by atoms with E-state index in [4.69, 9.17) is 4.74 Å². The van der Waals surface area contributed by atoms with Gasteiger partial charge in [0.05, 0.1) is 18.2 Å². The highest BCUT2D eigenvalue weighted by molar-refractivity contribution is 6.46. The molecule has 1 atom stereocenters. The molecule has 0 spiro atoms. The lowest BCUT2D eigenvalue weighted by Crippen LogP contribution is -2.33. The van der Waals surface area contributed by atoms with Crippen molar-refractivity contribution < 1.29 is 23.8 Å². The third-order valence-electron chi connectivity index (χ3n) is 5.95. The van der Waals surface area contributed by atoms with Crippen LogP contribution in [0.25, 0.3) is 5.76 Å². The molecule has 2 aromatic carbocycles. The molecule has 1 saturated heterocycles. The molecule has 1 amide bonds. The van der Waals surface area contributed by atoms with E-state index in [1.54, 1.807) is 42.5 Å². The minimum atomic E-state index is -0.991. The monoisotopic (exact) mass is 454 g/mol. The molecule has 0 bridgehead atoms. The molecule has 0 saturated carbocycles. The Bertz CT molecular complexity index is 1020. The summed E-state index contributed by atoms with van der Waals surface area (Å²) in [5.41, 5.74) is 0.449. The van der Waals surface area contributed by atoms with Gasteiger partial charge >= 0.3 is 0 Å². The number of aliphatic hydroxyl groups is 1. The first-order valence-corrected chi connectivity index (χ1v) is 11.4. The smallest absolute Gasteiger partial charge is 0.295 e. The van der Waals surface area contributed by atoms with E-state index in [0.717, 1.165) is 19.6 Å². The molecule has 1 aliphatic heterocycles. The quantitative estimate of drug-likeness (QED) is 0.328. The second-order valence-electron chi connectivity index (χ2n) is 7.85. The zero-order valence-electron chi connectivity index (χ0n) is 19.4. The van der Waals surface area contributed by atoms with Crippen molar-refractivity contribution >= 4 is 17.4 Å². The maximum Gasteiger partial charge on any atom is 0.295 e. The fraction of sp³-hybridized carbons (Fsp3) is 0.385. The maximum atomic E-state index is 14.8. The number of Topliss-reactive ketones (excluding diaryl/α,β-unsaturated/α-hetero) is 1. The van der Waals surface area contributed by atoms with Crippen LogP contribution < -0.4 is 4.74 Å². The number of amides is 1. The molecule has 3 rings (SSSR count). The number of benzene rings is 2. The number of hydrogen-bond acceptors (Lipinski definition) is 5. The zero-order valence-corrected chi connectivity index (χ0v) is 19.4. The average Bonchev–Trinajstić information content (AvgIpc) is 3.07. The summed E-state index contributed by atoms with van der Waals surface area (Å²) in [6, 6.07) is 11.7. The third kappa shape index (κ3) is 5.25. The molecule has 176 valence electrons. The summed E-state index contributed by atoms with van der Waals surface area (Å²) < 4.78 is 20.3. The summed E-state index contributed by atoms with van der Waals surface area (Å²) in [5, 5.41) is 11.1. The van der Waals surface area contributed by atoms with E-state index in [1.165, 1.54) is 11.0 Å². The molecule has 1 fully saturated rings. The molecular weight excluding hydrogens is 423 g/mol. The second-order valence-corrected chi connectivity index (χ2v) is 7.85. The summed E-state index contributed by atoms with van der Waals surface area (Å²) in [6.45, 7) is 9.27. The number of halogens is 1. The van der Waals surface area contributed by atoms with Crippen molar-refractivity contribution in [3.05, 3.63) is 71.0 Å². The summed E-state index contributed by atoms with van der Waals surface area (Å²) in [7, 11) is 0. The van der Waals surface area contributed by atoms with E-state index in [9.17, 15) is 19.1 Å². The minimum absolute atomic E-state index is 0.0999. The van der Waals surface area contributed by atoms with Crippen molar-refractivity contribution in [3.63, 3.8) is 0 Å². The molecule has 2 aromatic rings. The minimum Gasteiger partial charge on any atom is -0.507 e. The molecule has 0 radical (unpaired) electrons. The van der Waals surface area contributed by atoms with Crippen LogP contribution >= 0.6 is 0 Å². The van der Waals surface area contributed by atoms with Gasteiger partial charge in [0, 0.05) is 17.7 Å². The fourth-order valence-corrected chi connectivity index (χ4v) is 4.17. The highest BCUT2D eigenvalue weighted by Gasteiger charge is 2.46. The molecule has 7 heteroatoms. The Balaban J connectivity index is 2.02. The van der Waals surface area contributed by atoms with Crippen LogP contribution in [0.15, 0.2) is 54.1 Å². The van der Waals surface area contributed by atoms with Crippen molar-refractivity contribution in [2.45, 2.75) is 33.2 Å². The van der Waals surface area contributed by atoms with Crippen LogP contribution in [-0.4, -0.2) is 59.4 Å². The van der Waals surface area contributed by atoms with Crippen LogP contribution in [-0.2, 0) is 9.59 Å². The number of likely N-dealkylation sites (tertiary alicyclic amines) is 1. The fourth-order valence-electron chi connectivity index (χ4n) is 4.17. The molecule has 33 heavy (non-hydrogen) atoms. The lowest BCUT2D eigenvalue weighted by atomic mass is 9.95. The number of nitrogens with zero attached hydrogens (tertiary/aromatic N) is 2. The van der Waals surface area contributed by atoms with Crippen molar-refractivity contribution in [1.29, 1.82) is 0 Å². The molecule has 1 aliphatic rings. The molecule has 0 aliphatic carbocycles. The molecule has 1 N–H and O–H groups in total. The van der Waals surface area contributed by atoms with Gasteiger partial charge in [-0.1, -0.05) is 32.0 Å². The van der Waals surface area contributed by atoms with Crippen molar-refractivity contribution in [2.75, 3.05) is 32.8 Å². The van der Waals surface area contributed by atoms with Gasteiger partial charge in [0.15, 0.2) is 0 Å². The van der Waals surface area contributed by atoms with Crippen molar-refractivity contribution in [1.82, 2.24) is 9.80 Å². The van der Waals surface area contributed by atoms with E-state index >= 15 is 0 Å². The Morgan fingerprint density at radius 3 is 2.33 bits per heavy atom. The Kier molecular flexibility index (Phi) is 8.22. The third-order valence-corrected chi connectivity index (χ3v) is 5.95. The molecular formula is C26H31FN2O4. The van der Waals surface area contributed by atoms with Crippen LogP contribution in [0.5, 0.6) is 5.75 Å². The standard InChI is InChI=1S/C26H31FN2O4/c1-4-28(5-2)16-9-17-29-23(20-10-7-8-11-21(20)27)22(25(31)26(29)32)24(30)18-12-14-19(15-13-18)33-6-3/h7-8,10-15,23,30H,4-6,9,16-17H2,1-3H3. The predicted octanol–water partition coefficient (Wildman–Crippen LogP) is 4.38. The number of ketones is 1. The molecule has 1 heterocycles. The molecule has 1 unspecified atom stereocenters. The Morgan fingerprint density at radius 2 is 1.73 bits per heavy atom. The lowest BCUT2D eigenvalue weighted by molar-refractivity contribution is -0.140. The number of aliphatic hydroxyl groups excluding tert-OH is 1. The predicted molar refractivity (Wildman–Crippen MR) is 125 cm³/mol. The number of carbonyl (C=O) groups is 2. The number of hydrogen-bond donors (Lipinski definition) is 1. The van der Waals surface area contributed by atoms with E-state index < -0.39 is 23.5 Å². The van der Waals surface area contributed by atoms with Gasteiger partial charge in [0.1, 0.15) is 17.3 Å². The SMILES string of the molecule is CCOc1ccc(C(O)=C2C(=O)C(=O)N(CCCN(CC)CC)C2c2ccccc2F)cc1. The average molecular weight is 455 g/mol. The van der Waals surface area contributed by atoms with E-state index in [-0.39, 0.29) is 23.4 Å². The van der Waals surface area contributed by atoms with Gasteiger partial charge in [-0.25, -0.2) is 4.39 Å². The van der Waals surface area contributed by atoms with Crippen molar-refractivity contribution in [3.8, 4) is 5.75 Å². The van der Waals surface area contributed by atoms with E-state index in [2.05, 4.69) is 18.7 Å². The first kappa shape index (κ1) is 24.5. The largest absolute Gasteiger partial charge is 0.507 e. The number of rotatable bonds is 10. The van der Waals surface area contributed by atoms with Crippen molar-refractivity contribution in [2.24, 2.45) is 0 Å². The van der Waals surface area contributed by atoms with Gasteiger partial charge in [-0.3, -0.25) is 9.59 Å². The summed E-state index contributed by atoms with van der Waals surface area (Å²) in [6.07, 6.45) is 0.628. The van der Waals surface area contributed by atoms with E-state index in [0.29, 0.717) is 24.3 Å².